The van der Waals surface area contributed by atoms with Crippen LogP contribution in [0.5, 0.6) is 0 Å². The lowest BCUT2D eigenvalue weighted by atomic mass is 10.1. The van der Waals surface area contributed by atoms with Crippen LogP contribution in [0.25, 0.3) is 0 Å². The number of anilines is 1. The zero-order valence-corrected chi connectivity index (χ0v) is 12.7. The second kappa shape index (κ2) is 7.27. The van der Waals surface area contributed by atoms with Gasteiger partial charge in [-0.3, -0.25) is 4.90 Å². The van der Waals surface area contributed by atoms with E-state index in [4.69, 9.17) is 5.11 Å². The second-order valence-corrected chi connectivity index (χ2v) is 5.62. The summed E-state index contributed by atoms with van der Waals surface area (Å²) in [7, 11) is 0. The van der Waals surface area contributed by atoms with Gasteiger partial charge in [0.15, 0.2) is 0 Å². The number of carboxylic acid groups (broad SMARTS) is 1. The van der Waals surface area contributed by atoms with Crippen LogP contribution in [0.2, 0.25) is 0 Å². The van der Waals surface area contributed by atoms with Gasteiger partial charge in [0, 0.05) is 38.4 Å². The molecule has 0 bridgehead atoms. The lowest BCUT2D eigenvalue weighted by molar-refractivity contribution is 0.0697. The molecule has 1 aliphatic rings. The highest BCUT2D eigenvalue weighted by Crippen LogP contribution is 2.18. The number of rotatable bonds is 6. The van der Waals surface area contributed by atoms with E-state index < -0.39 is 5.97 Å². The summed E-state index contributed by atoms with van der Waals surface area (Å²) >= 11 is 0. The standard InChI is InChI=1S/C17H24N2O2/c1-3-4-14(2)13-18-9-11-19(12-10-18)16-7-5-15(6-8-16)17(20)21/h5-8H,2-4,9-13H2,1H3,(H,20,21). The Labute approximate surface area is 126 Å². The summed E-state index contributed by atoms with van der Waals surface area (Å²) < 4.78 is 0. The first-order valence-electron chi connectivity index (χ1n) is 7.57. The number of carbonyl (C=O) groups is 1. The molecule has 0 radical (unpaired) electrons. The first kappa shape index (κ1) is 15.6. The Balaban J connectivity index is 1.86. The van der Waals surface area contributed by atoms with Gasteiger partial charge in [0.25, 0.3) is 0 Å². The van der Waals surface area contributed by atoms with E-state index in [1.807, 2.05) is 12.1 Å². The molecule has 1 saturated heterocycles. The molecule has 2 rings (SSSR count). The number of hydrogen-bond donors (Lipinski definition) is 1. The Bertz CT molecular complexity index is 488. The van der Waals surface area contributed by atoms with Crippen molar-refractivity contribution in [1.29, 1.82) is 0 Å². The highest BCUT2D eigenvalue weighted by atomic mass is 16.4. The van der Waals surface area contributed by atoms with Gasteiger partial charge in [-0.05, 0) is 30.7 Å². The van der Waals surface area contributed by atoms with Crippen LogP contribution in [0.1, 0.15) is 30.1 Å². The predicted molar refractivity (Wildman–Crippen MR) is 86.1 cm³/mol. The average Bonchev–Trinajstić information content (AvgIpc) is 2.48. The van der Waals surface area contributed by atoms with Gasteiger partial charge in [0.2, 0.25) is 0 Å². The molecule has 0 aliphatic carbocycles. The fourth-order valence-electron chi connectivity index (χ4n) is 2.73. The summed E-state index contributed by atoms with van der Waals surface area (Å²) in [4.78, 5) is 15.6. The fourth-order valence-corrected chi connectivity index (χ4v) is 2.73. The van der Waals surface area contributed by atoms with Crippen LogP contribution in [-0.4, -0.2) is 48.7 Å². The van der Waals surface area contributed by atoms with Gasteiger partial charge in [0.05, 0.1) is 5.56 Å². The summed E-state index contributed by atoms with van der Waals surface area (Å²) in [5.74, 6) is -0.874. The van der Waals surface area contributed by atoms with Gasteiger partial charge >= 0.3 is 5.97 Å². The molecule has 1 heterocycles. The molecule has 1 N–H and O–H groups in total. The van der Waals surface area contributed by atoms with Gasteiger partial charge < -0.3 is 10.0 Å². The third-order valence-electron chi connectivity index (χ3n) is 3.90. The molecule has 0 saturated carbocycles. The van der Waals surface area contributed by atoms with Gasteiger partial charge in [-0.25, -0.2) is 4.79 Å². The second-order valence-electron chi connectivity index (χ2n) is 5.62. The molecule has 0 aromatic heterocycles. The third kappa shape index (κ3) is 4.33. The number of benzene rings is 1. The van der Waals surface area contributed by atoms with Crippen molar-refractivity contribution in [2.24, 2.45) is 0 Å². The smallest absolute Gasteiger partial charge is 0.335 e. The van der Waals surface area contributed by atoms with Crippen LogP contribution >= 0.6 is 0 Å². The first-order chi connectivity index (χ1) is 10.1. The molecular formula is C17H24N2O2. The van der Waals surface area contributed by atoms with Crippen molar-refractivity contribution in [1.82, 2.24) is 4.90 Å². The Morgan fingerprint density at radius 3 is 2.33 bits per heavy atom. The van der Waals surface area contributed by atoms with E-state index in [1.54, 1.807) is 12.1 Å². The van der Waals surface area contributed by atoms with E-state index >= 15 is 0 Å². The minimum atomic E-state index is -0.874. The number of nitrogens with zero attached hydrogens (tertiary/aromatic N) is 2. The van der Waals surface area contributed by atoms with Gasteiger partial charge in [-0.15, -0.1) is 0 Å². The van der Waals surface area contributed by atoms with Crippen molar-refractivity contribution >= 4 is 11.7 Å². The normalized spacial score (nSPS) is 16.0. The van der Waals surface area contributed by atoms with Crippen LogP contribution in [0.4, 0.5) is 5.69 Å². The minimum absolute atomic E-state index is 0.341. The van der Waals surface area contributed by atoms with Crippen molar-refractivity contribution in [3.63, 3.8) is 0 Å². The number of piperazine rings is 1. The Hall–Kier alpha value is -1.81. The third-order valence-corrected chi connectivity index (χ3v) is 3.90. The van der Waals surface area contributed by atoms with Crippen molar-refractivity contribution in [3.8, 4) is 0 Å². The first-order valence-corrected chi connectivity index (χ1v) is 7.57. The molecular weight excluding hydrogens is 264 g/mol. The van der Waals surface area contributed by atoms with Crippen molar-refractivity contribution in [3.05, 3.63) is 42.0 Å². The topological polar surface area (TPSA) is 43.8 Å². The molecule has 0 spiro atoms. The number of carboxylic acids is 1. The maximum atomic E-state index is 10.9. The maximum absolute atomic E-state index is 10.9. The highest BCUT2D eigenvalue weighted by molar-refractivity contribution is 5.88. The molecule has 4 nitrogen and oxygen atoms in total. The monoisotopic (exact) mass is 288 g/mol. The van der Waals surface area contributed by atoms with Crippen molar-refractivity contribution < 1.29 is 9.90 Å². The van der Waals surface area contributed by atoms with Crippen molar-refractivity contribution in [2.45, 2.75) is 19.8 Å². The highest BCUT2D eigenvalue weighted by Gasteiger charge is 2.17. The predicted octanol–water partition coefficient (Wildman–Crippen LogP) is 2.86. The molecule has 1 fully saturated rings. The molecule has 1 aliphatic heterocycles. The number of aromatic carboxylic acids is 1. The Kier molecular flexibility index (Phi) is 5.39. The SMILES string of the molecule is C=C(CCC)CN1CCN(c2ccc(C(=O)O)cc2)CC1. The largest absolute Gasteiger partial charge is 0.478 e. The number of hydrogen-bond acceptors (Lipinski definition) is 3. The Morgan fingerprint density at radius 2 is 1.81 bits per heavy atom. The maximum Gasteiger partial charge on any atom is 0.335 e. The summed E-state index contributed by atoms with van der Waals surface area (Å²) in [6, 6.07) is 7.14. The van der Waals surface area contributed by atoms with E-state index in [0.29, 0.717) is 5.56 Å². The van der Waals surface area contributed by atoms with Gasteiger partial charge in [-0.2, -0.15) is 0 Å². The van der Waals surface area contributed by atoms with E-state index in [2.05, 4.69) is 23.3 Å². The molecule has 0 amide bonds. The summed E-state index contributed by atoms with van der Waals surface area (Å²) in [6.07, 6.45) is 2.27. The fraction of sp³-hybridized carbons (Fsp3) is 0.471. The lowest BCUT2D eigenvalue weighted by Gasteiger charge is -2.36. The molecule has 114 valence electrons. The molecule has 0 unspecified atom stereocenters. The van der Waals surface area contributed by atoms with Gasteiger partial charge in [-0.1, -0.05) is 25.5 Å². The molecule has 21 heavy (non-hydrogen) atoms. The van der Waals surface area contributed by atoms with Crippen LogP contribution < -0.4 is 4.90 Å². The zero-order chi connectivity index (χ0) is 15.2. The quantitative estimate of drug-likeness (QED) is 0.818. The minimum Gasteiger partial charge on any atom is -0.478 e. The van der Waals surface area contributed by atoms with Crippen LogP contribution in [0.3, 0.4) is 0 Å². The van der Waals surface area contributed by atoms with Gasteiger partial charge in [0.1, 0.15) is 0 Å². The van der Waals surface area contributed by atoms with Crippen molar-refractivity contribution in [2.75, 3.05) is 37.6 Å². The molecule has 4 heteroatoms. The lowest BCUT2D eigenvalue weighted by Crippen LogP contribution is -2.46. The van der Waals surface area contributed by atoms with E-state index in [1.165, 1.54) is 5.57 Å². The molecule has 1 aromatic rings. The summed E-state index contributed by atoms with van der Waals surface area (Å²) in [6.45, 7) is 11.3. The van der Waals surface area contributed by atoms with Crippen LogP contribution in [-0.2, 0) is 0 Å². The summed E-state index contributed by atoms with van der Waals surface area (Å²) in [5, 5.41) is 8.92. The van der Waals surface area contributed by atoms with E-state index in [9.17, 15) is 4.79 Å². The average molecular weight is 288 g/mol. The molecule has 1 aromatic carbocycles. The van der Waals surface area contributed by atoms with Crippen LogP contribution in [0, 0.1) is 0 Å². The van der Waals surface area contributed by atoms with Crippen LogP contribution in [0.15, 0.2) is 36.4 Å². The van der Waals surface area contributed by atoms with E-state index in [0.717, 1.165) is 51.3 Å². The summed E-state index contributed by atoms with van der Waals surface area (Å²) in [5.41, 5.74) is 2.76. The zero-order valence-electron chi connectivity index (χ0n) is 12.7. The Morgan fingerprint density at radius 1 is 1.19 bits per heavy atom. The van der Waals surface area contributed by atoms with E-state index in [-0.39, 0.29) is 0 Å². The molecule has 0 atom stereocenters.